The summed E-state index contributed by atoms with van der Waals surface area (Å²) in [5.74, 6) is -0.497. The molecule has 2 aromatic carbocycles. The van der Waals surface area contributed by atoms with Crippen molar-refractivity contribution in [2.24, 2.45) is 5.92 Å². The summed E-state index contributed by atoms with van der Waals surface area (Å²) in [6.45, 7) is 5.99. The van der Waals surface area contributed by atoms with Gasteiger partial charge in [-0.05, 0) is 54.3 Å². The molecule has 0 saturated heterocycles. The maximum Gasteiger partial charge on any atom is 0.244 e. The predicted octanol–water partition coefficient (Wildman–Crippen LogP) is 4.45. The van der Waals surface area contributed by atoms with Gasteiger partial charge in [-0.25, -0.2) is 8.42 Å². The normalized spacial score (nSPS) is 12.3. The molecular formula is C24H31BrClN3O4S. The number of hydrogen-bond donors (Lipinski definition) is 1. The largest absolute Gasteiger partial charge is 0.354 e. The first-order chi connectivity index (χ1) is 15.9. The zero-order chi connectivity index (χ0) is 25.5. The van der Waals surface area contributed by atoms with Crippen molar-refractivity contribution in [1.29, 1.82) is 0 Å². The van der Waals surface area contributed by atoms with Crippen LogP contribution in [0.4, 0.5) is 5.69 Å². The van der Waals surface area contributed by atoms with Crippen molar-refractivity contribution in [3.63, 3.8) is 0 Å². The lowest BCUT2D eigenvalue weighted by Gasteiger charge is -2.33. The van der Waals surface area contributed by atoms with Crippen LogP contribution in [0.5, 0.6) is 0 Å². The molecule has 10 heteroatoms. The van der Waals surface area contributed by atoms with Crippen LogP contribution < -0.4 is 9.62 Å². The number of nitrogens with one attached hydrogen (secondary N) is 1. The molecular weight excluding hydrogens is 542 g/mol. The van der Waals surface area contributed by atoms with Crippen LogP contribution in [-0.4, -0.2) is 50.5 Å². The molecule has 0 aliphatic rings. The summed E-state index contributed by atoms with van der Waals surface area (Å²) in [4.78, 5) is 28.0. The summed E-state index contributed by atoms with van der Waals surface area (Å²) in [5, 5.41) is 3.45. The number of carbonyl (C=O) groups is 2. The molecule has 0 aliphatic carbocycles. The number of benzene rings is 2. The first-order valence-electron chi connectivity index (χ1n) is 11.0. The lowest BCUT2D eigenvalue weighted by atomic mass is 10.1. The van der Waals surface area contributed by atoms with E-state index in [1.54, 1.807) is 48.5 Å². The van der Waals surface area contributed by atoms with Crippen molar-refractivity contribution in [3.8, 4) is 0 Å². The SMILES string of the molecule is CC[C@@H](C(=O)NCC(C)C)N(Cc1ccc(Cl)cc1)C(=O)CN(c1ccc(Br)cc1)S(C)(=O)=O. The summed E-state index contributed by atoms with van der Waals surface area (Å²) in [6.07, 6.45) is 1.43. The molecule has 1 atom stereocenters. The average molecular weight is 573 g/mol. The van der Waals surface area contributed by atoms with Gasteiger partial charge in [-0.1, -0.05) is 60.4 Å². The highest BCUT2D eigenvalue weighted by molar-refractivity contribution is 9.10. The highest BCUT2D eigenvalue weighted by atomic mass is 79.9. The molecule has 0 radical (unpaired) electrons. The number of sulfonamides is 1. The van der Waals surface area contributed by atoms with E-state index in [0.29, 0.717) is 23.7 Å². The molecule has 2 amide bonds. The Labute approximate surface area is 215 Å². The van der Waals surface area contributed by atoms with Gasteiger partial charge in [0, 0.05) is 22.6 Å². The fourth-order valence-corrected chi connectivity index (χ4v) is 4.59. The Bertz CT molecular complexity index is 1080. The van der Waals surface area contributed by atoms with E-state index in [2.05, 4.69) is 21.2 Å². The number of halogens is 2. The summed E-state index contributed by atoms with van der Waals surface area (Å²) in [6, 6.07) is 12.9. The van der Waals surface area contributed by atoms with Crippen LogP contribution >= 0.6 is 27.5 Å². The third-order valence-corrected chi connectivity index (χ3v) is 7.05. The quantitative estimate of drug-likeness (QED) is 0.431. The first kappa shape index (κ1) is 28.1. The standard InChI is InChI=1S/C24H31BrClN3O4S/c1-5-22(24(31)27-14-17(2)3)28(15-18-6-10-20(26)11-7-18)23(30)16-29(34(4,32)33)21-12-8-19(25)9-13-21/h6-13,17,22H,5,14-16H2,1-4H3,(H,27,31)/t22-/m0/s1. The zero-order valence-corrected chi connectivity index (χ0v) is 23.0. The second-order valence-electron chi connectivity index (χ2n) is 8.46. The van der Waals surface area contributed by atoms with Gasteiger partial charge in [0.05, 0.1) is 11.9 Å². The second kappa shape index (κ2) is 12.6. The predicted molar refractivity (Wildman–Crippen MR) is 140 cm³/mol. The second-order valence-corrected chi connectivity index (χ2v) is 11.7. The van der Waals surface area contributed by atoms with Crippen molar-refractivity contribution in [2.45, 2.75) is 39.8 Å². The third kappa shape index (κ3) is 8.29. The van der Waals surface area contributed by atoms with Crippen LogP contribution in [0.3, 0.4) is 0 Å². The van der Waals surface area contributed by atoms with E-state index in [-0.39, 0.29) is 18.4 Å². The van der Waals surface area contributed by atoms with E-state index < -0.39 is 28.5 Å². The Morgan fingerprint density at radius 1 is 1.06 bits per heavy atom. The topological polar surface area (TPSA) is 86.8 Å². The summed E-state index contributed by atoms with van der Waals surface area (Å²) >= 11 is 9.33. The molecule has 0 aromatic heterocycles. The number of hydrogen-bond acceptors (Lipinski definition) is 4. The molecule has 0 saturated carbocycles. The van der Waals surface area contributed by atoms with Crippen LogP contribution in [0.15, 0.2) is 53.0 Å². The highest BCUT2D eigenvalue weighted by Crippen LogP contribution is 2.22. The van der Waals surface area contributed by atoms with E-state index in [4.69, 9.17) is 11.6 Å². The van der Waals surface area contributed by atoms with E-state index in [1.807, 2.05) is 20.8 Å². The van der Waals surface area contributed by atoms with Gasteiger partial charge >= 0.3 is 0 Å². The van der Waals surface area contributed by atoms with Crippen molar-refractivity contribution in [3.05, 3.63) is 63.6 Å². The van der Waals surface area contributed by atoms with Gasteiger partial charge in [-0.15, -0.1) is 0 Å². The van der Waals surface area contributed by atoms with Gasteiger partial charge < -0.3 is 10.2 Å². The van der Waals surface area contributed by atoms with Crippen LogP contribution in [-0.2, 0) is 26.2 Å². The van der Waals surface area contributed by atoms with Crippen LogP contribution in [0.1, 0.15) is 32.8 Å². The Hall–Kier alpha value is -2.10. The first-order valence-corrected chi connectivity index (χ1v) is 14.0. The Morgan fingerprint density at radius 2 is 1.65 bits per heavy atom. The van der Waals surface area contributed by atoms with Gasteiger partial charge in [-0.2, -0.15) is 0 Å². The van der Waals surface area contributed by atoms with Crippen LogP contribution in [0.2, 0.25) is 5.02 Å². The van der Waals surface area contributed by atoms with Gasteiger partial charge in [0.1, 0.15) is 12.6 Å². The Balaban J connectivity index is 2.39. The minimum Gasteiger partial charge on any atom is -0.354 e. The molecule has 0 fully saturated rings. The van der Waals surface area contributed by atoms with E-state index in [0.717, 1.165) is 20.6 Å². The van der Waals surface area contributed by atoms with Crippen molar-refractivity contribution < 1.29 is 18.0 Å². The molecule has 0 bridgehead atoms. The van der Waals surface area contributed by atoms with Gasteiger partial charge in [0.15, 0.2) is 0 Å². The van der Waals surface area contributed by atoms with Crippen LogP contribution in [0, 0.1) is 5.92 Å². The van der Waals surface area contributed by atoms with Crippen molar-refractivity contribution >= 4 is 55.1 Å². The molecule has 0 heterocycles. The van der Waals surface area contributed by atoms with Crippen molar-refractivity contribution in [1.82, 2.24) is 10.2 Å². The third-order valence-electron chi connectivity index (χ3n) is 5.13. The molecule has 7 nitrogen and oxygen atoms in total. The lowest BCUT2D eigenvalue weighted by Crippen LogP contribution is -2.52. The smallest absolute Gasteiger partial charge is 0.244 e. The average Bonchev–Trinajstić information content (AvgIpc) is 2.77. The maximum atomic E-state index is 13.6. The molecule has 0 spiro atoms. The van der Waals surface area contributed by atoms with E-state index in [9.17, 15) is 18.0 Å². The molecule has 0 unspecified atom stereocenters. The van der Waals surface area contributed by atoms with Gasteiger partial charge in [0.25, 0.3) is 0 Å². The molecule has 186 valence electrons. The number of nitrogens with zero attached hydrogens (tertiary/aromatic N) is 2. The Morgan fingerprint density at radius 3 is 2.15 bits per heavy atom. The molecule has 1 N–H and O–H groups in total. The highest BCUT2D eigenvalue weighted by Gasteiger charge is 2.31. The fraction of sp³-hybridized carbons (Fsp3) is 0.417. The monoisotopic (exact) mass is 571 g/mol. The molecule has 34 heavy (non-hydrogen) atoms. The van der Waals surface area contributed by atoms with Gasteiger partial charge in [0.2, 0.25) is 21.8 Å². The number of anilines is 1. The van der Waals surface area contributed by atoms with Crippen molar-refractivity contribution in [2.75, 3.05) is 23.7 Å². The fourth-order valence-electron chi connectivity index (χ4n) is 3.35. The summed E-state index contributed by atoms with van der Waals surface area (Å²) in [5.41, 5.74) is 1.14. The number of carbonyl (C=O) groups excluding carboxylic acids is 2. The lowest BCUT2D eigenvalue weighted by molar-refractivity contribution is -0.140. The summed E-state index contributed by atoms with van der Waals surface area (Å²) in [7, 11) is -3.76. The van der Waals surface area contributed by atoms with Gasteiger partial charge in [-0.3, -0.25) is 13.9 Å². The zero-order valence-electron chi connectivity index (χ0n) is 19.8. The van der Waals surface area contributed by atoms with E-state index >= 15 is 0 Å². The Kier molecular flexibility index (Phi) is 10.4. The minimum absolute atomic E-state index is 0.140. The number of rotatable bonds is 11. The minimum atomic E-state index is -3.76. The maximum absolute atomic E-state index is 13.6. The molecule has 0 aliphatic heterocycles. The summed E-state index contributed by atoms with van der Waals surface area (Å²) < 4.78 is 27.0. The molecule has 2 aromatic rings. The number of amides is 2. The van der Waals surface area contributed by atoms with Crippen LogP contribution in [0.25, 0.3) is 0 Å². The molecule has 2 rings (SSSR count). The van der Waals surface area contributed by atoms with E-state index in [1.165, 1.54) is 4.90 Å².